The summed E-state index contributed by atoms with van der Waals surface area (Å²) in [6.07, 6.45) is 1.83. The van der Waals surface area contributed by atoms with Crippen molar-refractivity contribution in [3.05, 3.63) is 36.0 Å². The molecule has 0 aliphatic carbocycles. The first-order valence-corrected chi connectivity index (χ1v) is 5.94. The van der Waals surface area contributed by atoms with Crippen LogP contribution in [0.25, 0.3) is 10.7 Å². The highest BCUT2D eigenvalue weighted by molar-refractivity contribution is 7.13. The van der Waals surface area contributed by atoms with Gasteiger partial charge in [0.15, 0.2) is 5.82 Å². The van der Waals surface area contributed by atoms with E-state index < -0.39 is 0 Å². The van der Waals surface area contributed by atoms with Gasteiger partial charge in [-0.05, 0) is 11.4 Å². The van der Waals surface area contributed by atoms with Crippen molar-refractivity contribution in [3.8, 4) is 10.7 Å². The van der Waals surface area contributed by atoms with Crippen molar-refractivity contribution in [2.24, 2.45) is 7.05 Å². The van der Waals surface area contributed by atoms with Crippen molar-refractivity contribution < 1.29 is 0 Å². The smallest absolute Gasteiger partial charge is 0.191 e. The summed E-state index contributed by atoms with van der Waals surface area (Å²) in [5.74, 6) is 1.73. The number of aromatic nitrogens is 3. The Morgan fingerprint density at radius 2 is 2.50 bits per heavy atom. The Hall–Kier alpha value is -1.46. The van der Waals surface area contributed by atoms with E-state index in [9.17, 15) is 0 Å². The molecule has 0 aliphatic rings. The molecule has 16 heavy (non-hydrogen) atoms. The summed E-state index contributed by atoms with van der Waals surface area (Å²) in [4.78, 5) is 5.59. The molecule has 2 aromatic rings. The van der Waals surface area contributed by atoms with Gasteiger partial charge in [0, 0.05) is 13.6 Å². The molecule has 0 amide bonds. The zero-order valence-electron chi connectivity index (χ0n) is 9.18. The van der Waals surface area contributed by atoms with Crippen LogP contribution in [0.1, 0.15) is 5.82 Å². The highest BCUT2D eigenvalue weighted by atomic mass is 32.1. The van der Waals surface area contributed by atoms with Crippen molar-refractivity contribution in [2.45, 2.75) is 6.54 Å². The fraction of sp³-hybridized carbons (Fsp3) is 0.273. The van der Waals surface area contributed by atoms with Crippen molar-refractivity contribution in [1.82, 2.24) is 20.1 Å². The molecule has 4 nitrogen and oxygen atoms in total. The summed E-state index contributed by atoms with van der Waals surface area (Å²) in [6, 6.07) is 4.03. The standard InChI is InChI=1S/C11H14N4S/c1-3-6-12-8-10-13-11(14-15(10)2)9-5-4-7-16-9/h3-5,7,12H,1,6,8H2,2H3. The van der Waals surface area contributed by atoms with E-state index in [4.69, 9.17) is 0 Å². The Balaban J connectivity index is 2.12. The second-order valence-corrected chi connectivity index (χ2v) is 4.32. The number of hydrogen-bond acceptors (Lipinski definition) is 4. The van der Waals surface area contributed by atoms with Crippen molar-refractivity contribution in [1.29, 1.82) is 0 Å². The molecule has 0 aliphatic heterocycles. The molecule has 0 radical (unpaired) electrons. The Morgan fingerprint density at radius 3 is 3.19 bits per heavy atom. The molecule has 0 bridgehead atoms. The van der Waals surface area contributed by atoms with Gasteiger partial charge in [0.2, 0.25) is 0 Å². The molecule has 5 heteroatoms. The summed E-state index contributed by atoms with van der Waals surface area (Å²) in [5.41, 5.74) is 0. The monoisotopic (exact) mass is 234 g/mol. The third kappa shape index (κ3) is 2.37. The minimum atomic E-state index is 0.709. The van der Waals surface area contributed by atoms with Crippen molar-refractivity contribution in [3.63, 3.8) is 0 Å². The van der Waals surface area contributed by atoms with Gasteiger partial charge in [-0.3, -0.25) is 4.68 Å². The Kier molecular flexibility index (Phi) is 3.48. The van der Waals surface area contributed by atoms with E-state index in [0.717, 1.165) is 23.1 Å². The second kappa shape index (κ2) is 5.05. The van der Waals surface area contributed by atoms with Gasteiger partial charge in [-0.15, -0.1) is 17.9 Å². The molecule has 2 rings (SSSR count). The van der Waals surface area contributed by atoms with Crippen LogP contribution in [0.2, 0.25) is 0 Å². The first kappa shape index (κ1) is 11.0. The van der Waals surface area contributed by atoms with E-state index in [0.29, 0.717) is 6.54 Å². The summed E-state index contributed by atoms with van der Waals surface area (Å²) in [5, 5.41) is 9.62. The Bertz CT molecular complexity index is 458. The molecule has 0 spiro atoms. The molecular formula is C11H14N4S. The van der Waals surface area contributed by atoms with Crippen LogP contribution in [0.15, 0.2) is 30.2 Å². The molecule has 0 atom stereocenters. The normalized spacial score (nSPS) is 10.6. The lowest BCUT2D eigenvalue weighted by Gasteiger charge is -1.99. The molecular weight excluding hydrogens is 220 g/mol. The topological polar surface area (TPSA) is 42.7 Å². The quantitative estimate of drug-likeness (QED) is 0.634. The predicted octanol–water partition coefficient (Wildman–Crippen LogP) is 1.82. The van der Waals surface area contributed by atoms with Crippen LogP contribution in [0.5, 0.6) is 0 Å². The van der Waals surface area contributed by atoms with Gasteiger partial charge in [0.05, 0.1) is 11.4 Å². The van der Waals surface area contributed by atoms with Crippen LogP contribution in [-0.2, 0) is 13.6 Å². The highest BCUT2D eigenvalue weighted by Gasteiger charge is 2.08. The van der Waals surface area contributed by atoms with Crippen LogP contribution in [-0.4, -0.2) is 21.3 Å². The lowest BCUT2D eigenvalue weighted by Crippen LogP contribution is -2.16. The average Bonchev–Trinajstić information content (AvgIpc) is 2.88. The van der Waals surface area contributed by atoms with Gasteiger partial charge in [-0.2, -0.15) is 5.10 Å². The maximum Gasteiger partial charge on any atom is 0.191 e. The molecule has 0 fully saturated rings. The summed E-state index contributed by atoms with van der Waals surface area (Å²) >= 11 is 1.65. The van der Waals surface area contributed by atoms with Crippen molar-refractivity contribution >= 4 is 11.3 Å². The summed E-state index contributed by atoms with van der Waals surface area (Å²) in [7, 11) is 1.91. The van der Waals surface area contributed by atoms with Gasteiger partial charge in [0.25, 0.3) is 0 Å². The molecule has 1 N–H and O–H groups in total. The molecule has 2 aromatic heterocycles. The SMILES string of the molecule is C=CCNCc1nc(-c2cccs2)nn1C. The first-order valence-electron chi connectivity index (χ1n) is 5.06. The predicted molar refractivity (Wildman–Crippen MR) is 66.2 cm³/mol. The molecule has 0 saturated heterocycles. The highest BCUT2D eigenvalue weighted by Crippen LogP contribution is 2.20. The third-order valence-electron chi connectivity index (χ3n) is 2.17. The largest absolute Gasteiger partial charge is 0.306 e. The minimum Gasteiger partial charge on any atom is -0.306 e. The number of hydrogen-bond donors (Lipinski definition) is 1. The van der Waals surface area contributed by atoms with Crippen LogP contribution in [0.3, 0.4) is 0 Å². The van der Waals surface area contributed by atoms with E-state index in [1.165, 1.54) is 0 Å². The summed E-state index contributed by atoms with van der Waals surface area (Å²) < 4.78 is 1.81. The Labute approximate surface area is 98.6 Å². The first-order chi connectivity index (χ1) is 7.81. The Morgan fingerprint density at radius 1 is 1.62 bits per heavy atom. The maximum absolute atomic E-state index is 4.49. The fourth-order valence-electron chi connectivity index (χ4n) is 1.37. The van der Waals surface area contributed by atoms with E-state index in [-0.39, 0.29) is 0 Å². The van der Waals surface area contributed by atoms with E-state index >= 15 is 0 Å². The molecule has 0 aromatic carbocycles. The van der Waals surface area contributed by atoms with E-state index in [2.05, 4.69) is 22.0 Å². The van der Waals surface area contributed by atoms with Crippen LogP contribution >= 0.6 is 11.3 Å². The number of rotatable bonds is 5. The fourth-order valence-corrected chi connectivity index (χ4v) is 2.02. The van der Waals surface area contributed by atoms with Gasteiger partial charge in [0.1, 0.15) is 5.82 Å². The zero-order chi connectivity index (χ0) is 11.4. The maximum atomic E-state index is 4.49. The average molecular weight is 234 g/mol. The lowest BCUT2D eigenvalue weighted by molar-refractivity contribution is 0.642. The molecule has 2 heterocycles. The molecule has 0 saturated carbocycles. The number of nitrogens with zero attached hydrogens (tertiary/aromatic N) is 3. The number of aryl methyl sites for hydroxylation is 1. The van der Waals surface area contributed by atoms with Gasteiger partial charge >= 0.3 is 0 Å². The van der Waals surface area contributed by atoms with Crippen LogP contribution in [0.4, 0.5) is 0 Å². The third-order valence-corrected chi connectivity index (χ3v) is 3.03. The van der Waals surface area contributed by atoms with Gasteiger partial charge < -0.3 is 5.32 Å². The summed E-state index contributed by atoms with van der Waals surface area (Å²) in [6.45, 7) is 5.14. The second-order valence-electron chi connectivity index (χ2n) is 3.37. The van der Waals surface area contributed by atoms with Crippen LogP contribution < -0.4 is 5.32 Å². The van der Waals surface area contributed by atoms with E-state index in [1.807, 2.05) is 35.3 Å². The molecule has 0 unspecified atom stereocenters. The zero-order valence-corrected chi connectivity index (χ0v) is 10.00. The number of nitrogens with one attached hydrogen (secondary N) is 1. The van der Waals surface area contributed by atoms with Gasteiger partial charge in [-0.1, -0.05) is 12.1 Å². The van der Waals surface area contributed by atoms with Gasteiger partial charge in [-0.25, -0.2) is 4.98 Å². The van der Waals surface area contributed by atoms with Crippen LogP contribution in [0, 0.1) is 0 Å². The lowest BCUT2D eigenvalue weighted by atomic mass is 10.4. The molecule has 84 valence electrons. The van der Waals surface area contributed by atoms with Crippen molar-refractivity contribution in [2.75, 3.05) is 6.54 Å². The number of thiophene rings is 1. The van der Waals surface area contributed by atoms with E-state index in [1.54, 1.807) is 11.3 Å². The minimum absolute atomic E-state index is 0.709.